The molecular formula is C18H21ClN4O. The molecule has 6 heteroatoms. The third kappa shape index (κ3) is 3.51. The van der Waals surface area contributed by atoms with Gasteiger partial charge in [0.15, 0.2) is 0 Å². The molecule has 0 saturated carbocycles. The van der Waals surface area contributed by atoms with Crippen LogP contribution in [0.5, 0.6) is 0 Å². The molecular weight excluding hydrogens is 324 g/mol. The van der Waals surface area contributed by atoms with Gasteiger partial charge in [-0.3, -0.25) is 4.79 Å². The number of amides is 1. The Balaban J connectivity index is 1.78. The van der Waals surface area contributed by atoms with E-state index in [9.17, 15) is 4.79 Å². The fourth-order valence-corrected chi connectivity index (χ4v) is 3.53. The second kappa shape index (κ2) is 7.18. The van der Waals surface area contributed by atoms with E-state index < -0.39 is 0 Å². The Morgan fingerprint density at radius 1 is 1.38 bits per heavy atom. The van der Waals surface area contributed by atoms with Crippen molar-refractivity contribution in [3.05, 3.63) is 52.2 Å². The van der Waals surface area contributed by atoms with E-state index in [2.05, 4.69) is 28.5 Å². The van der Waals surface area contributed by atoms with Gasteiger partial charge in [0.1, 0.15) is 5.82 Å². The number of benzene rings is 1. The highest BCUT2D eigenvalue weighted by atomic mass is 35.5. The molecule has 2 aromatic rings. The summed E-state index contributed by atoms with van der Waals surface area (Å²) in [4.78, 5) is 14.7. The van der Waals surface area contributed by atoms with Gasteiger partial charge < -0.3 is 10.2 Å². The molecule has 0 unspecified atom stereocenters. The van der Waals surface area contributed by atoms with Crippen LogP contribution in [0.4, 0.5) is 5.82 Å². The number of halogens is 1. The van der Waals surface area contributed by atoms with Crippen molar-refractivity contribution in [2.45, 2.75) is 25.7 Å². The molecule has 1 N–H and O–H groups in total. The summed E-state index contributed by atoms with van der Waals surface area (Å²) in [6.45, 7) is 3.58. The number of piperidine rings is 1. The van der Waals surface area contributed by atoms with E-state index in [4.69, 9.17) is 11.6 Å². The van der Waals surface area contributed by atoms with Gasteiger partial charge in [0, 0.05) is 31.1 Å². The molecule has 1 atom stereocenters. The van der Waals surface area contributed by atoms with E-state index in [1.165, 1.54) is 17.3 Å². The summed E-state index contributed by atoms with van der Waals surface area (Å²) >= 11 is 6.06. The zero-order valence-electron chi connectivity index (χ0n) is 13.9. The Kier molecular flexibility index (Phi) is 5.00. The molecule has 1 aliphatic rings. The molecule has 0 spiro atoms. The maximum Gasteiger partial charge on any atom is 0.255 e. The fourth-order valence-electron chi connectivity index (χ4n) is 3.30. The molecule has 1 fully saturated rings. The van der Waals surface area contributed by atoms with Gasteiger partial charge in [-0.1, -0.05) is 17.7 Å². The predicted molar refractivity (Wildman–Crippen MR) is 95.6 cm³/mol. The number of anilines is 1. The van der Waals surface area contributed by atoms with E-state index in [-0.39, 0.29) is 5.91 Å². The Bertz CT molecular complexity index is 750. The van der Waals surface area contributed by atoms with Gasteiger partial charge >= 0.3 is 0 Å². The molecule has 24 heavy (non-hydrogen) atoms. The Morgan fingerprint density at radius 2 is 2.21 bits per heavy atom. The first kappa shape index (κ1) is 16.7. The summed E-state index contributed by atoms with van der Waals surface area (Å²) in [5, 5.41) is 11.5. The van der Waals surface area contributed by atoms with E-state index in [0.29, 0.717) is 17.3 Å². The summed E-state index contributed by atoms with van der Waals surface area (Å²) in [7, 11) is 1.76. The molecule has 0 aliphatic carbocycles. The van der Waals surface area contributed by atoms with Crippen molar-refractivity contribution in [2.24, 2.45) is 0 Å². The van der Waals surface area contributed by atoms with Gasteiger partial charge in [0.2, 0.25) is 0 Å². The Morgan fingerprint density at radius 3 is 2.96 bits per heavy atom. The minimum Gasteiger partial charge on any atom is -0.372 e. The monoisotopic (exact) mass is 344 g/mol. The van der Waals surface area contributed by atoms with Crippen LogP contribution in [0, 0.1) is 6.92 Å². The lowest BCUT2D eigenvalue weighted by Crippen LogP contribution is -2.39. The molecule has 126 valence electrons. The number of hydrogen-bond acceptors (Lipinski definition) is 4. The molecule has 1 saturated heterocycles. The van der Waals surface area contributed by atoms with E-state index in [0.717, 1.165) is 31.0 Å². The number of aromatic nitrogens is 2. The van der Waals surface area contributed by atoms with Crippen molar-refractivity contribution in [3.63, 3.8) is 0 Å². The quantitative estimate of drug-likeness (QED) is 0.925. The first-order chi connectivity index (χ1) is 11.6. The highest BCUT2D eigenvalue weighted by Gasteiger charge is 2.26. The zero-order valence-corrected chi connectivity index (χ0v) is 14.7. The second-order valence-corrected chi connectivity index (χ2v) is 6.61. The number of rotatable bonds is 3. The van der Waals surface area contributed by atoms with Gasteiger partial charge in [0.05, 0.1) is 11.8 Å². The summed E-state index contributed by atoms with van der Waals surface area (Å²) < 4.78 is 0. The van der Waals surface area contributed by atoms with Crippen molar-refractivity contribution in [1.29, 1.82) is 0 Å². The lowest BCUT2D eigenvalue weighted by atomic mass is 9.88. The number of nitrogens with one attached hydrogen (secondary N) is 1. The van der Waals surface area contributed by atoms with Crippen LogP contribution in [-0.2, 0) is 0 Å². The molecule has 2 heterocycles. The molecule has 1 amide bonds. The number of likely N-dealkylation sites (tertiary alicyclic amines) is 1. The first-order valence-corrected chi connectivity index (χ1v) is 8.52. The summed E-state index contributed by atoms with van der Waals surface area (Å²) in [5.41, 5.74) is 3.04. The molecule has 0 bridgehead atoms. The minimum absolute atomic E-state index is 0.0118. The predicted octanol–water partition coefficient (Wildman–Crippen LogP) is 3.50. The van der Waals surface area contributed by atoms with Crippen molar-refractivity contribution in [1.82, 2.24) is 15.1 Å². The van der Waals surface area contributed by atoms with Crippen LogP contribution in [0.2, 0.25) is 5.02 Å². The van der Waals surface area contributed by atoms with Crippen molar-refractivity contribution >= 4 is 23.3 Å². The fraction of sp³-hybridized carbons (Fsp3) is 0.389. The Labute approximate surface area is 147 Å². The van der Waals surface area contributed by atoms with Gasteiger partial charge in [-0.15, -0.1) is 5.10 Å². The lowest BCUT2D eigenvalue weighted by molar-refractivity contribution is 0.0706. The van der Waals surface area contributed by atoms with Crippen molar-refractivity contribution < 1.29 is 4.79 Å². The number of aryl methyl sites for hydroxylation is 1. The topological polar surface area (TPSA) is 58.1 Å². The standard InChI is InChI=1S/C18H21ClN4O/c1-12-8-15(19)5-6-16(12)13-4-3-7-23(11-13)18(24)14-9-17(20-2)22-21-10-14/h5-6,8-10,13H,3-4,7,11H2,1-2H3,(H,20,22)/t13-/m1/s1. The molecule has 1 aromatic heterocycles. The van der Waals surface area contributed by atoms with E-state index in [1.807, 2.05) is 17.0 Å². The smallest absolute Gasteiger partial charge is 0.255 e. The summed E-state index contributed by atoms with van der Waals surface area (Å²) in [6.07, 6.45) is 3.61. The van der Waals surface area contributed by atoms with Crippen LogP contribution < -0.4 is 5.32 Å². The number of hydrogen-bond donors (Lipinski definition) is 1. The minimum atomic E-state index is 0.0118. The zero-order chi connectivity index (χ0) is 17.1. The normalized spacial score (nSPS) is 17.6. The number of nitrogens with zero attached hydrogens (tertiary/aromatic N) is 3. The third-order valence-corrected chi connectivity index (χ3v) is 4.77. The third-order valence-electron chi connectivity index (χ3n) is 4.54. The Hall–Kier alpha value is -2.14. The molecule has 0 radical (unpaired) electrons. The van der Waals surface area contributed by atoms with Crippen LogP contribution in [0.1, 0.15) is 40.2 Å². The van der Waals surface area contributed by atoms with Gasteiger partial charge in [-0.2, -0.15) is 5.10 Å². The van der Waals surface area contributed by atoms with Crippen molar-refractivity contribution in [2.75, 3.05) is 25.5 Å². The van der Waals surface area contributed by atoms with E-state index >= 15 is 0 Å². The molecule has 1 aliphatic heterocycles. The maximum atomic E-state index is 12.8. The largest absolute Gasteiger partial charge is 0.372 e. The van der Waals surface area contributed by atoms with Crippen LogP contribution in [-0.4, -0.2) is 41.1 Å². The van der Waals surface area contributed by atoms with Crippen LogP contribution in [0.15, 0.2) is 30.5 Å². The van der Waals surface area contributed by atoms with Crippen LogP contribution >= 0.6 is 11.6 Å². The summed E-state index contributed by atoms with van der Waals surface area (Å²) in [6, 6.07) is 7.75. The average Bonchev–Trinajstić information content (AvgIpc) is 2.61. The molecule has 3 rings (SSSR count). The SMILES string of the molecule is CNc1cc(C(=O)N2CCC[C@@H](c3ccc(Cl)cc3C)C2)cnn1. The summed E-state index contributed by atoms with van der Waals surface area (Å²) in [5.74, 6) is 0.958. The highest BCUT2D eigenvalue weighted by molar-refractivity contribution is 6.30. The van der Waals surface area contributed by atoms with Crippen LogP contribution in [0.25, 0.3) is 0 Å². The average molecular weight is 345 g/mol. The van der Waals surface area contributed by atoms with Crippen molar-refractivity contribution in [3.8, 4) is 0 Å². The first-order valence-electron chi connectivity index (χ1n) is 8.14. The van der Waals surface area contributed by atoms with Gasteiger partial charge in [-0.25, -0.2) is 0 Å². The number of carbonyl (C=O) groups excluding carboxylic acids is 1. The van der Waals surface area contributed by atoms with Gasteiger partial charge in [-0.05, 0) is 49.1 Å². The van der Waals surface area contributed by atoms with Gasteiger partial charge in [0.25, 0.3) is 5.91 Å². The van der Waals surface area contributed by atoms with Crippen LogP contribution in [0.3, 0.4) is 0 Å². The molecule has 5 nitrogen and oxygen atoms in total. The second-order valence-electron chi connectivity index (χ2n) is 6.17. The molecule has 1 aromatic carbocycles. The highest BCUT2D eigenvalue weighted by Crippen LogP contribution is 2.31. The lowest BCUT2D eigenvalue weighted by Gasteiger charge is -2.33. The number of carbonyl (C=O) groups is 1. The maximum absolute atomic E-state index is 12.8. The van der Waals surface area contributed by atoms with E-state index in [1.54, 1.807) is 13.1 Å².